The highest BCUT2D eigenvalue weighted by Gasteiger charge is 2.26. The minimum absolute atomic E-state index is 0.0233. The van der Waals surface area contributed by atoms with Gasteiger partial charge < -0.3 is 10.4 Å². The first kappa shape index (κ1) is 13.8. The molecule has 108 valence electrons. The Hall–Kier alpha value is -2.21. The molecule has 5 nitrogen and oxygen atoms in total. The van der Waals surface area contributed by atoms with Gasteiger partial charge in [-0.05, 0) is 25.0 Å². The van der Waals surface area contributed by atoms with E-state index in [0.717, 1.165) is 24.8 Å². The first-order chi connectivity index (χ1) is 10.1. The first-order valence-electron chi connectivity index (χ1n) is 6.74. The van der Waals surface area contributed by atoms with Crippen molar-refractivity contribution in [3.63, 3.8) is 0 Å². The zero-order chi connectivity index (χ0) is 14.8. The first-order valence-corrected chi connectivity index (χ1v) is 7.62. The summed E-state index contributed by atoms with van der Waals surface area (Å²) < 4.78 is 0. The average Bonchev–Trinajstić information content (AvgIpc) is 2.86. The van der Waals surface area contributed by atoms with Gasteiger partial charge in [0.2, 0.25) is 5.91 Å². The molecule has 0 spiro atoms. The van der Waals surface area contributed by atoms with Crippen molar-refractivity contribution < 1.29 is 14.7 Å². The average molecular weight is 302 g/mol. The summed E-state index contributed by atoms with van der Waals surface area (Å²) in [5, 5.41) is 14.0. The van der Waals surface area contributed by atoms with E-state index in [1.54, 1.807) is 0 Å². The number of aromatic carboxylic acids is 1. The maximum atomic E-state index is 12.1. The number of nitrogens with zero attached hydrogens (tertiary/aromatic N) is 1. The topological polar surface area (TPSA) is 79.3 Å². The fourth-order valence-electron chi connectivity index (χ4n) is 2.18. The Morgan fingerprint density at radius 1 is 1.29 bits per heavy atom. The number of thiazole rings is 1. The van der Waals surface area contributed by atoms with Gasteiger partial charge in [-0.25, -0.2) is 9.78 Å². The highest BCUT2D eigenvalue weighted by molar-refractivity contribution is 7.13. The molecule has 0 radical (unpaired) electrons. The van der Waals surface area contributed by atoms with E-state index in [9.17, 15) is 9.59 Å². The number of carbonyl (C=O) groups excluding carboxylic acids is 1. The van der Waals surface area contributed by atoms with Crippen LogP contribution in [0.3, 0.4) is 0 Å². The molecule has 1 aliphatic carbocycles. The SMILES string of the molecule is O=C(O)c1csc(-c2ccccc2NC(=O)C2CCC2)n1. The Kier molecular flexibility index (Phi) is 3.70. The van der Waals surface area contributed by atoms with Crippen molar-refractivity contribution in [2.24, 2.45) is 5.92 Å². The summed E-state index contributed by atoms with van der Waals surface area (Å²) in [6, 6.07) is 7.33. The van der Waals surface area contributed by atoms with Gasteiger partial charge in [-0.15, -0.1) is 11.3 Å². The summed E-state index contributed by atoms with van der Waals surface area (Å²) in [4.78, 5) is 27.1. The van der Waals surface area contributed by atoms with Gasteiger partial charge in [0.05, 0.1) is 5.69 Å². The molecule has 2 aromatic rings. The zero-order valence-electron chi connectivity index (χ0n) is 11.2. The van der Waals surface area contributed by atoms with Gasteiger partial charge in [0.15, 0.2) is 5.69 Å². The fraction of sp³-hybridized carbons (Fsp3) is 0.267. The van der Waals surface area contributed by atoms with Gasteiger partial charge in [-0.1, -0.05) is 18.6 Å². The summed E-state index contributed by atoms with van der Waals surface area (Å²) in [7, 11) is 0. The van der Waals surface area contributed by atoms with E-state index in [1.807, 2.05) is 24.3 Å². The van der Waals surface area contributed by atoms with Gasteiger partial charge in [0, 0.05) is 16.9 Å². The number of hydrogen-bond acceptors (Lipinski definition) is 4. The molecule has 2 N–H and O–H groups in total. The standard InChI is InChI=1S/C15H14N2O3S/c18-13(9-4-3-5-9)16-11-7-2-1-6-10(11)14-17-12(8-21-14)15(19)20/h1-2,6-9H,3-5H2,(H,16,18)(H,19,20). The molecule has 1 aliphatic rings. The third kappa shape index (κ3) is 2.80. The lowest BCUT2D eigenvalue weighted by Crippen LogP contribution is -2.28. The predicted molar refractivity (Wildman–Crippen MR) is 80.5 cm³/mol. The Labute approximate surface area is 125 Å². The molecule has 3 rings (SSSR count). The molecule has 1 amide bonds. The zero-order valence-corrected chi connectivity index (χ0v) is 12.0. The van der Waals surface area contributed by atoms with Crippen molar-refractivity contribution in [1.29, 1.82) is 0 Å². The third-order valence-electron chi connectivity index (χ3n) is 3.61. The Morgan fingerprint density at radius 2 is 2.05 bits per heavy atom. The molecule has 1 aromatic heterocycles. The summed E-state index contributed by atoms with van der Waals surface area (Å²) >= 11 is 1.26. The van der Waals surface area contributed by atoms with E-state index < -0.39 is 5.97 Å². The summed E-state index contributed by atoms with van der Waals surface area (Å²) in [6.45, 7) is 0. The smallest absolute Gasteiger partial charge is 0.355 e. The van der Waals surface area contributed by atoms with Gasteiger partial charge in [-0.2, -0.15) is 0 Å². The molecule has 1 saturated carbocycles. The molecular formula is C15H14N2O3S. The molecular weight excluding hydrogens is 288 g/mol. The van der Waals surface area contributed by atoms with E-state index >= 15 is 0 Å². The number of carbonyl (C=O) groups is 2. The number of hydrogen-bond donors (Lipinski definition) is 2. The second-order valence-corrected chi connectivity index (χ2v) is 5.86. The van der Waals surface area contributed by atoms with Crippen LogP contribution in [-0.4, -0.2) is 22.0 Å². The Morgan fingerprint density at radius 3 is 2.67 bits per heavy atom. The molecule has 1 aromatic carbocycles. The van der Waals surface area contributed by atoms with Crippen molar-refractivity contribution in [2.45, 2.75) is 19.3 Å². The van der Waals surface area contributed by atoms with E-state index in [1.165, 1.54) is 16.7 Å². The van der Waals surface area contributed by atoms with Crippen LogP contribution >= 0.6 is 11.3 Å². The van der Waals surface area contributed by atoms with Crippen LogP contribution in [0.25, 0.3) is 10.6 Å². The molecule has 0 bridgehead atoms. The van der Waals surface area contributed by atoms with Gasteiger partial charge in [-0.3, -0.25) is 4.79 Å². The molecule has 0 aliphatic heterocycles. The quantitative estimate of drug-likeness (QED) is 0.908. The van der Waals surface area contributed by atoms with Crippen molar-refractivity contribution in [2.75, 3.05) is 5.32 Å². The maximum Gasteiger partial charge on any atom is 0.355 e. The number of anilines is 1. The Balaban J connectivity index is 1.87. The second-order valence-electron chi connectivity index (χ2n) is 5.01. The van der Waals surface area contributed by atoms with Crippen LogP contribution in [0.15, 0.2) is 29.6 Å². The number of benzene rings is 1. The number of carboxylic acids is 1. The van der Waals surface area contributed by atoms with Crippen LogP contribution in [0.1, 0.15) is 29.8 Å². The van der Waals surface area contributed by atoms with Gasteiger partial charge in [0.25, 0.3) is 0 Å². The second kappa shape index (κ2) is 5.65. The highest BCUT2D eigenvalue weighted by atomic mass is 32.1. The normalized spacial score (nSPS) is 14.5. The molecule has 0 unspecified atom stereocenters. The number of amides is 1. The molecule has 6 heteroatoms. The number of aromatic nitrogens is 1. The lowest BCUT2D eigenvalue weighted by atomic mass is 9.85. The van der Waals surface area contributed by atoms with Gasteiger partial charge in [0.1, 0.15) is 5.01 Å². The highest BCUT2D eigenvalue weighted by Crippen LogP contribution is 2.33. The number of rotatable bonds is 4. The van der Waals surface area contributed by atoms with Crippen molar-refractivity contribution in [1.82, 2.24) is 4.98 Å². The van der Waals surface area contributed by atoms with Crippen molar-refractivity contribution in [3.05, 3.63) is 35.3 Å². The van der Waals surface area contributed by atoms with Crippen LogP contribution in [-0.2, 0) is 4.79 Å². The number of para-hydroxylation sites is 1. The Bertz CT molecular complexity index is 692. The lowest BCUT2D eigenvalue weighted by Gasteiger charge is -2.24. The predicted octanol–water partition coefficient (Wildman–Crippen LogP) is 3.25. The van der Waals surface area contributed by atoms with Crippen molar-refractivity contribution in [3.8, 4) is 10.6 Å². The van der Waals surface area contributed by atoms with E-state index in [4.69, 9.17) is 5.11 Å². The minimum atomic E-state index is -1.05. The van der Waals surface area contributed by atoms with E-state index in [2.05, 4.69) is 10.3 Å². The summed E-state index contributed by atoms with van der Waals surface area (Å²) in [5.41, 5.74) is 1.46. The van der Waals surface area contributed by atoms with Gasteiger partial charge >= 0.3 is 5.97 Å². The summed E-state index contributed by atoms with van der Waals surface area (Å²) in [5.74, 6) is -0.916. The van der Waals surface area contributed by atoms with Crippen LogP contribution in [0, 0.1) is 5.92 Å². The summed E-state index contributed by atoms with van der Waals surface area (Å²) in [6.07, 6.45) is 2.98. The number of carboxylic acid groups (broad SMARTS) is 1. The van der Waals surface area contributed by atoms with E-state index in [0.29, 0.717) is 10.7 Å². The molecule has 1 heterocycles. The monoisotopic (exact) mass is 302 g/mol. The van der Waals surface area contributed by atoms with Crippen LogP contribution in [0.5, 0.6) is 0 Å². The maximum absolute atomic E-state index is 12.1. The van der Waals surface area contributed by atoms with Crippen molar-refractivity contribution >= 4 is 28.9 Å². The van der Waals surface area contributed by atoms with E-state index in [-0.39, 0.29) is 17.5 Å². The molecule has 0 saturated heterocycles. The largest absolute Gasteiger partial charge is 0.476 e. The molecule has 0 atom stereocenters. The van der Waals surface area contributed by atoms with Crippen LogP contribution in [0.2, 0.25) is 0 Å². The van der Waals surface area contributed by atoms with Crippen LogP contribution in [0.4, 0.5) is 5.69 Å². The minimum Gasteiger partial charge on any atom is -0.476 e. The molecule has 21 heavy (non-hydrogen) atoms. The fourth-order valence-corrected chi connectivity index (χ4v) is 3.01. The number of nitrogens with one attached hydrogen (secondary N) is 1. The third-order valence-corrected chi connectivity index (χ3v) is 4.49. The van der Waals surface area contributed by atoms with Crippen LogP contribution < -0.4 is 5.32 Å². The lowest BCUT2D eigenvalue weighted by molar-refractivity contribution is -0.122. The molecule has 1 fully saturated rings.